The van der Waals surface area contributed by atoms with Crippen LogP contribution in [-0.4, -0.2) is 35.0 Å². The lowest BCUT2D eigenvalue weighted by molar-refractivity contribution is -0.150. The van der Waals surface area contributed by atoms with Crippen molar-refractivity contribution in [2.24, 2.45) is 29.6 Å². The lowest BCUT2D eigenvalue weighted by Crippen LogP contribution is -2.46. The molecule has 0 radical (unpaired) electrons. The minimum atomic E-state index is -0.794. The van der Waals surface area contributed by atoms with Crippen LogP contribution in [-0.2, 0) is 9.59 Å². The number of carbonyl (C=O) groups excluding carboxylic acids is 1. The van der Waals surface area contributed by atoms with E-state index in [0.717, 1.165) is 32.4 Å². The predicted molar refractivity (Wildman–Crippen MR) is 77.2 cm³/mol. The van der Waals surface area contributed by atoms with Crippen molar-refractivity contribution in [2.75, 3.05) is 13.1 Å². The molecule has 114 valence electrons. The fraction of sp³-hybridized carbons (Fsp3) is 0.875. The van der Waals surface area contributed by atoms with Gasteiger partial charge in [0.1, 0.15) is 0 Å². The summed E-state index contributed by atoms with van der Waals surface area (Å²) in [4.78, 5) is 26.1. The first-order chi connectivity index (χ1) is 9.42. The maximum absolute atomic E-state index is 12.7. The van der Waals surface area contributed by atoms with Crippen LogP contribution in [0.2, 0.25) is 0 Å². The maximum atomic E-state index is 12.7. The molecule has 2 rings (SSSR count). The molecule has 0 spiro atoms. The highest BCUT2D eigenvalue weighted by atomic mass is 16.4. The second-order valence-electron chi connectivity index (χ2n) is 6.99. The first-order valence-corrected chi connectivity index (χ1v) is 7.93. The van der Waals surface area contributed by atoms with Crippen molar-refractivity contribution in [1.82, 2.24) is 4.90 Å². The number of rotatable bonds is 3. The molecule has 5 atom stereocenters. The lowest BCUT2D eigenvalue weighted by Gasteiger charge is -2.37. The highest BCUT2D eigenvalue weighted by Crippen LogP contribution is 2.40. The molecule has 0 bridgehead atoms. The van der Waals surface area contributed by atoms with E-state index in [1.165, 1.54) is 0 Å². The van der Waals surface area contributed by atoms with Gasteiger partial charge in [-0.25, -0.2) is 0 Å². The Balaban J connectivity index is 2.08. The lowest BCUT2D eigenvalue weighted by atomic mass is 9.89. The molecule has 20 heavy (non-hydrogen) atoms. The second-order valence-corrected chi connectivity index (χ2v) is 6.99. The number of carbonyl (C=O) groups is 2. The van der Waals surface area contributed by atoms with Crippen molar-refractivity contribution in [3.05, 3.63) is 0 Å². The zero-order valence-electron chi connectivity index (χ0n) is 12.8. The van der Waals surface area contributed by atoms with Gasteiger partial charge in [0.15, 0.2) is 0 Å². The van der Waals surface area contributed by atoms with E-state index in [1.54, 1.807) is 0 Å². The maximum Gasteiger partial charge on any atom is 0.307 e. The summed E-state index contributed by atoms with van der Waals surface area (Å²) >= 11 is 0. The van der Waals surface area contributed by atoms with E-state index in [1.807, 2.05) is 4.90 Å². The summed E-state index contributed by atoms with van der Waals surface area (Å²) in [6.07, 6.45) is 3.56. The van der Waals surface area contributed by atoms with Crippen LogP contribution in [0.5, 0.6) is 0 Å². The quantitative estimate of drug-likeness (QED) is 0.865. The van der Waals surface area contributed by atoms with Gasteiger partial charge >= 0.3 is 5.97 Å². The van der Waals surface area contributed by atoms with Gasteiger partial charge < -0.3 is 10.0 Å². The molecule has 0 aromatic rings. The van der Waals surface area contributed by atoms with Gasteiger partial charge in [-0.05, 0) is 37.0 Å². The van der Waals surface area contributed by atoms with Gasteiger partial charge in [-0.3, -0.25) is 9.59 Å². The van der Waals surface area contributed by atoms with Crippen molar-refractivity contribution in [1.29, 1.82) is 0 Å². The first kappa shape index (κ1) is 15.3. The zero-order chi connectivity index (χ0) is 14.9. The molecule has 1 saturated carbocycles. The molecular weight excluding hydrogens is 254 g/mol. The summed E-state index contributed by atoms with van der Waals surface area (Å²) < 4.78 is 0. The topological polar surface area (TPSA) is 57.6 Å². The smallest absolute Gasteiger partial charge is 0.307 e. The Morgan fingerprint density at radius 1 is 1.05 bits per heavy atom. The third-order valence-corrected chi connectivity index (χ3v) is 5.05. The van der Waals surface area contributed by atoms with Crippen molar-refractivity contribution < 1.29 is 14.7 Å². The molecular formula is C16H27NO3. The number of nitrogens with zero attached hydrogens (tertiary/aromatic N) is 1. The number of piperidine rings is 1. The van der Waals surface area contributed by atoms with Crippen LogP contribution in [0.1, 0.15) is 46.5 Å². The van der Waals surface area contributed by atoms with Crippen molar-refractivity contribution in [3.63, 3.8) is 0 Å². The fourth-order valence-corrected chi connectivity index (χ4v) is 4.10. The minimum absolute atomic E-state index is 0.0896. The number of hydrogen-bond acceptors (Lipinski definition) is 2. The van der Waals surface area contributed by atoms with Crippen LogP contribution in [0.25, 0.3) is 0 Å². The van der Waals surface area contributed by atoms with Gasteiger partial charge in [-0.2, -0.15) is 0 Å². The van der Waals surface area contributed by atoms with E-state index in [4.69, 9.17) is 0 Å². The molecule has 2 fully saturated rings. The second kappa shape index (κ2) is 6.15. The summed E-state index contributed by atoms with van der Waals surface area (Å²) in [7, 11) is 0. The number of hydrogen-bond donors (Lipinski definition) is 1. The summed E-state index contributed by atoms with van der Waals surface area (Å²) in [5.74, 6) is -0.0347. The van der Waals surface area contributed by atoms with E-state index < -0.39 is 11.9 Å². The average Bonchev–Trinajstić information content (AvgIpc) is 2.81. The number of aliphatic carboxylic acids is 1. The van der Waals surface area contributed by atoms with Crippen LogP contribution in [0.15, 0.2) is 0 Å². The van der Waals surface area contributed by atoms with E-state index in [9.17, 15) is 14.7 Å². The van der Waals surface area contributed by atoms with Crippen LogP contribution >= 0.6 is 0 Å². The third kappa shape index (κ3) is 3.15. The summed E-state index contributed by atoms with van der Waals surface area (Å²) in [6, 6.07) is 0. The highest BCUT2D eigenvalue weighted by Gasteiger charge is 2.44. The molecule has 0 aromatic carbocycles. The van der Waals surface area contributed by atoms with Gasteiger partial charge in [-0.1, -0.05) is 27.2 Å². The summed E-state index contributed by atoms with van der Waals surface area (Å²) in [5.41, 5.74) is 0. The molecule has 1 N–H and O–H groups in total. The average molecular weight is 281 g/mol. The number of carboxylic acids is 1. The molecule has 4 nitrogen and oxygen atoms in total. The van der Waals surface area contributed by atoms with Crippen molar-refractivity contribution >= 4 is 11.9 Å². The minimum Gasteiger partial charge on any atom is -0.481 e. The number of carboxylic acid groups (broad SMARTS) is 1. The molecule has 1 amide bonds. The highest BCUT2D eigenvalue weighted by molar-refractivity contribution is 5.85. The summed E-state index contributed by atoms with van der Waals surface area (Å²) in [6.45, 7) is 8.02. The molecule has 5 unspecified atom stereocenters. The monoisotopic (exact) mass is 281 g/mol. The van der Waals surface area contributed by atoms with Gasteiger partial charge in [0.25, 0.3) is 0 Å². The standard InChI is InChI=1S/C16H27NO3/c1-4-12-6-13(14(7-12)16(19)20)15(18)17-8-10(2)5-11(3)9-17/h10-14H,4-9H2,1-3H3,(H,19,20). The van der Waals surface area contributed by atoms with E-state index in [-0.39, 0.29) is 11.8 Å². The summed E-state index contributed by atoms with van der Waals surface area (Å²) in [5, 5.41) is 9.38. The Kier molecular flexibility index (Phi) is 4.71. The molecule has 1 aliphatic carbocycles. The number of amides is 1. The Morgan fingerprint density at radius 2 is 1.60 bits per heavy atom. The fourth-order valence-electron chi connectivity index (χ4n) is 4.10. The Labute approximate surface area is 121 Å². The van der Waals surface area contributed by atoms with E-state index in [2.05, 4.69) is 20.8 Å². The van der Waals surface area contributed by atoms with Crippen molar-refractivity contribution in [2.45, 2.75) is 46.5 Å². The normalized spacial score (nSPS) is 38.0. The molecule has 0 aromatic heterocycles. The van der Waals surface area contributed by atoms with Gasteiger partial charge in [0.2, 0.25) is 5.91 Å². The van der Waals surface area contributed by atoms with E-state index >= 15 is 0 Å². The Hall–Kier alpha value is -1.06. The third-order valence-electron chi connectivity index (χ3n) is 5.05. The number of likely N-dealkylation sites (tertiary alicyclic amines) is 1. The van der Waals surface area contributed by atoms with Gasteiger partial charge in [0.05, 0.1) is 11.8 Å². The SMILES string of the molecule is CCC1CC(C(=O)O)C(C(=O)N2CC(C)CC(C)C2)C1. The van der Waals surface area contributed by atoms with Gasteiger partial charge in [-0.15, -0.1) is 0 Å². The van der Waals surface area contributed by atoms with Crippen molar-refractivity contribution in [3.8, 4) is 0 Å². The van der Waals surface area contributed by atoms with Crippen LogP contribution < -0.4 is 0 Å². The zero-order valence-corrected chi connectivity index (χ0v) is 12.8. The molecule has 2 aliphatic rings. The predicted octanol–water partition coefficient (Wildman–Crippen LogP) is 2.63. The van der Waals surface area contributed by atoms with Gasteiger partial charge in [0, 0.05) is 13.1 Å². The Bertz CT molecular complexity index is 372. The first-order valence-electron chi connectivity index (χ1n) is 7.93. The molecule has 1 aliphatic heterocycles. The van der Waals surface area contributed by atoms with Crippen LogP contribution in [0, 0.1) is 29.6 Å². The van der Waals surface area contributed by atoms with E-state index in [0.29, 0.717) is 24.2 Å². The largest absolute Gasteiger partial charge is 0.481 e. The molecule has 1 heterocycles. The Morgan fingerprint density at radius 3 is 2.10 bits per heavy atom. The van der Waals surface area contributed by atoms with Crippen LogP contribution in [0.3, 0.4) is 0 Å². The van der Waals surface area contributed by atoms with Crippen LogP contribution in [0.4, 0.5) is 0 Å². The molecule has 1 saturated heterocycles. The molecule has 4 heteroatoms.